The summed E-state index contributed by atoms with van der Waals surface area (Å²) in [5, 5.41) is 11.0. The third-order valence-electron chi connectivity index (χ3n) is 5.07. The molecule has 0 aromatic heterocycles. The van der Waals surface area contributed by atoms with Crippen LogP contribution in [0.15, 0.2) is 54.1 Å². The van der Waals surface area contributed by atoms with Gasteiger partial charge in [0.2, 0.25) is 0 Å². The summed E-state index contributed by atoms with van der Waals surface area (Å²) in [7, 11) is 3.07. The molecule has 0 radical (unpaired) electrons. The minimum Gasteiger partial charge on any atom is -0.507 e. The summed E-state index contributed by atoms with van der Waals surface area (Å²) in [6.07, 6.45) is 1.61. The van der Waals surface area contributed by atoms with Crippen LogP contribution in [-0.4, -0.2) is 42.5 Å². The molecule has 3 rings (SSSR count). The Morgan fingerprint density at radius 1 is 1.07 bits per heavy atom. The third-order valence-corrected chi connectivity index (χ3v) is 5.07. The van der Waals surface area contributed by atoms with E-state index in [0.29, 0.717) is 29.2 Å². The van der Waals surface area contributed by atoms with Crippen LogP contribution in [0.4, 0.5) is 0 Å². The zero-order valence-corrected chi connectivity index (χ0v) is 16.8. The topological polar surface area (TPSA) is 76.1 Å². The Morgan fingerprint density at radius 3 is 2.41 bits per heavy atom. The van der Waals surface area contributed by atoms with E-state index >= 15 is 0 Å². The Labute approximate surface area is 170 Å². The maximum atomic E-state index is 12.9. The molecule has 0 aliphatic carbocycles. The largest absolute Gasteiger partial charge is 0.507 e. The van der Waals surface area contributed by atoms with Crippen molar-refractivity contribution in [3.05, 3.63) is 65.2 Å². The molecular weight excluding hydrogens is 370 g/mol. The molecule has 29 heavy (non-hydrogen) atoms. The first kappa shape index (κ1) is 20.5. The third kappa shape index (κ3) is 3.83. The highest BCUT2D eigenvalue weighted by Gasteiger charge is 2.46. The van der Waals surface area contributed by atoms with Gasteiger partial charge in [-0.3, -0.25) is 9.59 Å². The molecule has 152 valence electrons. The fourth-order valence-electron chi connectivity index (χ4n) is 3.56. The highest BCUT2D eigenvalue weighted by molar-refractivity contribution is 6.46. The van der Waals surface area contributed by atoms with Crippen molar-refractivity contribution in [2.45, 2.75) is 25.8 Å². The van der Waals surface area contributed by atoms with Crippen LogP contribution in [0.5, 0.6) is 11.5 Å². The monoisotopic (exact) mass is 395 g/mol. The fourth-order valence-corrected chi connectivity index (χ4v) is 3.56. The van der Waals surface area contributed by atoms with Gasteiger partial charge in [0.15, 0.2) is 0 Å². The van der Waals surface area contributed by atoms with Gasteiger partial charge in [-0.25, -0.2) is 0 Å². The molecule has 0 spiro atoms. The van der Waals surface area contributed by atoms with E-state index < -0.39 is 17.7 Å². The lowest BCUT2D eigenvalue weighted by Crippen LogP contribution is -2.30. The van der Waals surface area contributed by atoms with E-state index in [0.717, 1.165) is 12.8 Å². The van der Waals surface area contributed by atoms with Crippen molar-refractivity contribution in [3.63, 3.8) is 0 Å². The summed E-state index contributed by atoms with van der Waals surface area (Å²) in [6, 6.07) is 13.3. The molecule has 1 saturated heterocycles. The molecule has 1 aliphatic rings. The second kappa shape index (κ2) is 8.82. The van der Waals surface area contributed by atoms with Crippen LogP contribution in [0.3, 0.4) is 0 Å². The maximum Gasteiger partial charge on any atom is 0.295 e. The molecule has 1 heterocycles. The predicted molar refractivity (Wildman–Crippen MR) is 110 cm³/mol. The van der Waals surface area contributed by atoms with Crippen LogP contribution >= 0.6 is 0 Å². The highest BCUT2D eigenvalue weighted by atomic mass is 16.5. The number of Topliss-reactive ketones (excluding diaryl/α,β-unsaturated/α-hetero) is 1. The molecule has 0 saturated carbocycles. The SMILES string of the molecule is CCCCN1C(=O)C(=O)C(=C(O)c2ccccc2)[C@H]1c1ccc(OC)cc1OC. The Bertz CT molecular complexity index is 936. The predicted octanol–water partition coefficient (Wildman–Crippen LogP) is 3.93. The van der Waals surface area contributed by atoms with Crippen molar-refractivity contribution in [2.75, 3.05) is 20.8 Å². The number of likely N-dealkylation sites (tertiary alicyclic amines) is 1. The van der Waals surface area contributed by atoms with Crippen LogP contribution in [0.1, 0.15) is 36.9 Å². The van der Waals surface area contributed by atoms with Crippen LogP contribution in [-0.2, 0) is 9.59 Å². The Kier molecular flexibility index (Phi) is 6.22. The van der Waals surface area contributed by atoms with Gasteiger partial charge in [-0.05, 0) is 18.6 Å². The molecule has 1 fully saturated rings. The first-order valence-corrected chi connectivity index (χ1v) is 9.59. The molecule has 1 amide bonds. The lowest BCUT2D eigenvalue weighted by molar-refractivity contribution is -0.139. The number of carbonyl (C=O) groups excluding carboxylic acids is 2. The first-order chi connectivity index (χ1) is 14.0. The molecule has 1 N–H and O–H groups in total. The lowest BCUT2D eigenvalue weighted by Gasteiger charge is -2.26. The summed E-state index contributed by atoms with van der Waals surface area (Å²) < 4.78 is 10.8. The number of hydrogen-bond acceptors (Lipinski definition) is 5. The molecule has 1 atom stereocenters. The van der Waals surface area contributed by atoms with Crippen LogP contribution in [0.25, 0.3) is 5.76 Å². The number of carbonyl (C=O) groups is 2. The maximum absolute atomic E-state index is 12.9. The number of amides is 1. The standard InChI is InChI=1S/C23H25NO5/c1-4-5-13-24-20(17-12-11-16(28-2)14-18(17)29-3)19(22(26)23(24)27)21(25)15-9-7-6-8-10-15/h6-12,14,20,25H,4-5,13H2,1-3H3/t20-/m1/s1. The number of ether oxygens (including phenoxy) is 2. The van der Waals surface area contributed by atoms with Gasteiger partial charge < -0.3 is 19.5 Å². The average molecular weight is 395 g/mol. The second-order valence-electron chi connectivity index (χ2n) is 6.82. The number of aliphatic hydroxyl groups is 1. The summed E-state index contributed by atoms with van der Waals surface area (Å²) in [6.45, 7) is 2.43. The van der Waals surface area contributed by atoms with E-state index in [4.69, 9.17) is 9.47 Å². The van der Waals surface area contributed by atoms with Gasteiger partial charge in [0.1, 0.15) is 17.3 Å². The number of methoxy groups -OCH3 is 2. The van der Waals surface area contributed by atoms with Crippen molar-refractivity contribution in [1.82, 2.24) is 4.90 Å². The van der Waals surface area contributed by atoms with Gasteiger partial charge in [-0.1, -0.05) is 43.7 Å². The Morgan fingerprint density at radius 2 is 1.79 bits per heavy atom. The molecule has 2 aromatic rings. The molecule has 0 unspecified atom stereocenters. The van der Waals surface area contributed by atoms with Gasteiger partial charge in [-0.15, -0.1) is 0 Å². The van der Waals surface area contributed by atoms with E-state index in [9.17, 15) is 14.7 Å². The van der Waals surface area contributed by atoms with Gasteiger partial charge >= 0.3 is 0 Å². The zero-order chi connectivity index (χ0) is 21.0. The average Bonchev–Trinajstić information content (AvgIpc) is 3.01. The van der Waals surface area contributed by atoms with Gasteiger partial charge in [0.25, 0.3) is 11.7 Å². The smallest absolute Gasteiger partial charge is 0.295 e. The molecule has 2 aromatic carbocycles. The number of nitrogens with zero attached hydrogens (tertiary/aromatic N) is 1. The minimum absolute atomic E-state index is 0.0702. The molecule has 6 nitrogen and oxygen atoms in total. The van der Waals surface area contributed by atoms with Crippen LogP contribution < -0.4 is 9.47 Å². The molecule has 6 heteroatoms. The van der Waals surface area contributed by atoms with E-state index in [1.165, 1.54) is 12.0 Å². The minimum atomic E-state index is -0.734. The van der Waals surface area contributed by atoms with Gasteiger partial charge in [-0.2, -0.15) is 0 Å². The van der Waals surface area contributed by atoms with Crippen LogP contribution in [0, 0.1) is 0 Å². The number of aliphatic hydroxyl groups excluding tert-OH is 1. The highest BCUT2D eigenvalue weighted by Crippen LogP contribution is 2.43. The normalized spacial score (nSPS) is 18.2. The van der Waals surface area contributed by atoms with Crippen molar-refractivity contribution in [1.29, 1.82) is 0 Å². The quantitative estimate of drug-likeness (QED) is 0.437. The van der Waals surface area contributed by atoms with E-state index in [1.54, 1.807) is 49.6 Å². The summed E-state index contributed by atoms with van der Waals surface area (Å²) in [5.41, 5.74) is 1.18. The number of rotatable bonds is 7. The lowest BCUT2D eigenvalue weighted by atomic mass is 9.94. The number of unbranched alkanes of at least 4 members (excludes halogenated alkanes) is 1. The zero-order valence-electron chi connectivity index (χ0n) is 16.8. The molecule has 0 bridgehead atoms. The number of hydrogen-bond donors (Lipinski definition) is 1. The van der Waals surface area contributed by atoms with E-state index in [-0.39, 0.29) is 11.3 Å². The Balaban J connectivity index is 2.21. The molecular formula is C23H25NO5. The van der Waals surface area contributed by atoms with Gasteiger partial charge in [0.05, 0.1) is 25.8 Å². The summed E-state index contributed by atoms with van der Waals surface area (Å²) in [4.78, 5) is 27.3. The Hall–Kier alpha value is -3.28. The van der Waals surface area contributed by atoms with E-state index in [2.05, 4.69) is 0 Å². The van der Waals surface area contributed by atoms with Crippen molar-refractivity contribution in [2.24, 2.45) is 0 Å². The fraction of sp³-hybridized carbons (Fsp3) is 0.304. The first-order valence-electron chi connectivity index (χ1n) is 9.59. The van der Waals surface area contributed by atoms with Gasteiger partial charge in [0, 0.05) is 23.7 Å². The van der Waals surface area contributed by atoms with Crippen molar-refractivity contribution in [3.8, 4) is 11.5 Å². The second-order valence-corrected chi connectivity index (χ2v) is 6.82. The number of benzene rings is 2. The summed E-state index contributed by atoms with van der Waals surface area (Å²) >= 11 is 0. The number of ketones is 1. The van der Waals surface area contributed by atoms with Crippen molar-refractivity contribution < 1.29 is 24.2 Å². The summed E-state index contributed by atoms with van der Waals surface area (Å²) in [5.74, 6) is -0.411. The molecule has 1 aliphatic heterocycles. The van der Waals surface area contributed by atoms with Crippen molar-refractivity contribution >= 4 is 17.4 Å². The van der Waals surface area contributed by atoms with E-state index in [1.807, 2.05) is 13.0 Å². The van der Waals surface area contributed by atoms with Crippen LogP contribution in [0.2, 0.25) is 0 Å².